The van der Waals surface area contributed by atoms with E-state index in [2.05, 4.69) is 5.16 Å². The third-order valence-corrected chi connectivity index (χ3v) is 3.64. The second-order valence-corrected chi connectivity index (χ2v) is 4.75. The van der Waals surface area contributed by atoms with Gasteiger partial charge in [-0.2, -0.15) is 13.2 Å². The van der Waals surface area contributed by atoms with E-state index in [0.717, 1.165) is 0 Å². The van der Waals surface area contributed by atoms with E-state index in [9.17, 15) is 13.2 Å². The molecule has 1 heterocycles. The van der Waals surface area contributed by atoms with Crippen LogP contribution in [0.4, 0.5) is 13.2 Å². The topological polar surface area (TPSA) is 58.6 Å². The molecule has 3 nitrogen and oxygen atoms in total. The molecule has 0 radical (unpaired) electrons. The zero-order valence-electron chi connectivity index (χ0n) is 9.48. The van der Waals surface area contributed by atoms with Crippen LogP contribution in [0.25, 0.3) is 11.1 Å². The Morgan fingerprint density at radius 2 is 1.84 bits per heavy atom. The summed E-state index contributed by atoms with van der Waals surface area (Å²) in [6.07, 6.45) is -4.48. The van der Waals surface area contributed by atoms with E-state index in [1.54, 1.807) is 30.3 Å². The number of oxime groups is 1. The Kier molecular flexibility index (Phi) is 3.48. The summed E-state index contributed by atoms with van der Waals surface area (Å²) in [4.78, 5) is -0.686. The molecule has 0 fully saturated rings. The summed E-state index contributed by atoms with van der Waals surface area (Å²) in [7, 11) is 0. The molecule has 0 aliphatic heterocycles. The van der Waals surface area contributed by atoms with Gasteiger partial charge in [0.2, 0.25) is 0 Å². The number of alkyl halides is 3. The second-order valence-electron chi connectivity index (χ2n) is 3.70. The number of amidine groups is 1. The molecule has 7 heteroatoms. The fourth-order valence-electron chi connectivity index (χ4n) is 1.61. The molecule has 2 aromatic rings. The first-order valence-corrected chi connectivity index (χ1v) is 5.99. The summed E-state index contributed by atoms with van der Waals surface area (Å²) in [6, 6.07) is 9.44. The smallest absolute Gasteiger partial charge is 0.409 e. The average Bonchev–Trinajstić information content (AvgIpc) is 2.84. The molecule has 0 aliphatic rings. The van der Waals surface area contributed by atoms with Crippen LogP contribution < -0.4 is 5.73 Å². The summed E-state index contributed by atoms with van der Waals surface area (Å²) >= 11 is 0.453. The van der Waals surface area contributed by atoms with Gasteiger partial charge < -0.3 is 10.9 Å². The summed E-state index contributed by atoms with van der Waals surface area (Å²) < 4.78 is 38.9. The van der Waals surface area contributed by atoms with Crippen molar-refractivity contribution >= 4 is 17.2 Å². The zero-order chi connectivity index (χ0) is 14.0. The minimum absolute atomic E-state index is 0.0275. The Bertz CT molecular complexity index is 605. The molecule has 0 saturated heterocycles. The highest BCUT2D eigenvalue weighted by molar-refractivity contribution is 7.14. The lowest BCUT2D eigenvalue weighted by Crippen LogP contribution is -2.10. The fourth-order valence-corrected chi connectivity index (χ4v) is 2.55. The van der Waals surface area contributed by atoms with Gasteiger partial charge in [0.25, 0.3) is 0 Å². The molecule has 0 aliphatic carbocycles. The normalized spacial score (nSPS) is 12.7. The van der Waals surface area contributed by atoms with Crippen molar-refractivity contribution < 1.29 is 18.4 Å². The first-order chi connectivity index (χ1) is 8.93. The number of rotatable bonds is 2. The lowest BCUT2D eigenvalue weighted by atomic mass is 10.1. The van der Waals surface area contributed by atoms with E-state index in [4.69, 9.17) is 10.9 Å². The first kappa shape index (κ1) is 13.4. The monoisotopic (exact) mass is 286 g/mol. The molecule has 0 saturated carbocycles. The van der Waals surface area contributed by atoms with E-state index < -0.39 is 11.1 Å². The maximum atomic E-state index is 13.0. The van der Waals surface area contributed by atoms with Gasteiger partial charge in [-0.15, -0.1) is 11.3 Å². The van der Waals surface area contributed by atoms with Gasteiger partial charge >= 0.3 is 6.18 Å². The minimum atomic E-state index is -4.48. The molecule has 3 N–H and O–H groups in total. The Hall–Kier alpha value is -2.02. The number of halogens is 3. The van der Waals surface area contributed by atoms with Crippen LogP contribution in [0.2, 0.25) is 0 Å². The van der Waals surface area contributed by atoms with Gasteiger partial charge in [-0.3, -0.25) is 0 Å². The highest BCUT2D eigenvalue weighted by Gasteiger charge is 2.36. The summed E-state index contributed by atoms with van der Waals surface area (Å²) in [5.41, 5.74) is 5.80. The number of nitrogens with zero attached hydrogens (tertiary/aromatic N) is 1. The van der Waals surface area contributed by atoms with Gasteiger partial charge in [0.15, 0.2) is 5.84 Å². The zero-order valence-corrected chi connectivity index (χ0v) is 10.3. The van der Waals surface area contributed by atoms with Crippen molar-refractivity contribution in [3.05, 3.63) is 46.2 Å². The van der Waals surface area contributed by atoms with Crippen LogP contribution in [-0.4, -0.2) is 11.0 Å². The second kappa shape index (κ2) is 4.93. The van der Waals surface area contributed by atoms with Crippen molar-refractivity contribution in [1.82, 2.24) is 0 Å². The number of benzene rings is 1. The number of nitrogens with two attached hydrogens (primary N) is 1. The highest BCUT2D eigenvalue weighted by atomic mass is 32.1. The maximum absolute atomic E-state index is 13.0. The number of hydrogen-bond acceptors (Lipinski definition) is 3. The van der Waals surface area contributed by atoms with Gasteiger partial charge in [-0.25, -0.2) is 0 Å². The van der Waals surface area contributed by atoms with Crippen molar-refractivity contribution in [2.45, 2.75) is 6.18 Å². The van der Waals surface area contributed by atoms with Crippen LogP contribution in [0.3, 0.4) is 0 Å². The van der Waals surface area contributed by atoms with Crippen molar-refractivity contribution in [3.63, 3.8) is 0 Å². The number of thiophene rings is 1. The molecule has 2 rings (SSSR count). The Labute approximate surface area is 110 Å². The summed E-state index contributed by atoms with van der Waals surface area (Å²) in [6.45, 7) is 0. The quantitative estimate of drug-likeness (QED) is 0.384. The number of hydrogen-bond donors (Lipinski definition) is 2. The molecule has 100 valence electrons. The predicted molar refractivity (Wildman–Crippen MR) is 67.3 cm³/mol. The molecule has 1 aromatic carbocycles. The predicted octanol–water partition coefficient (Wildman–Crippen LogP) is 3.53. The van der Waals surface area contributed by atoms with Crippen molar-refractivity contribution in [3.8, 4) is 11.1 Å². The Morgan fingerprint density at radius 3 is 2.37 bits per heavy atom. The van der Waals surface area contributed by atoms with E-state index in [0.29, 0.717) is 16.9 Å². The van der Waals surface area contributed by atoms with Gasteiger partial charge in [-0.05, 0) is 11.6 Å². The van der Waals surface area contributed by atoms with Gasteiger partial charge in [0, 0.05) is 5.56 Å². The lowest BCUT2D eigenvalue weighted by Gasteiger charge is -2.07. The van der Waals surface area contributed by atoms with Crippen LogP contribution in [0.5, 0.6) is 0 Å². The minimum Gasteiger partial charge on any atom is -0.409 e. The maximum Gasteiger partial charge on any atom is 0.426 e. The van der Waals surface area contributed by atoms with Crippen LogP contribution in [-0.2, 0) is 6.18 Å². The molecule has 1 aromatic heterocycles. The van der Waals surface area contributed by atoms with E-state index in [-0.39, 0.29) is 16.3 Å². The third-order valence-electron chi connectivity index (χ3n) is 2.43. The summed E-state index contributed by atoms with van der Waals surface area (Å²) in [5, 5.41) is 11.3. The highest BCUT2D eigenvalue weighted by Crippen LogP contribution is 2.42. The van der Waals surface area contributed by atoms with E-state index in [1.165, 1.54) is 6.07 Å². The molecule has 0 spiro atoms. The molecule has 19 heavy (non-hydrogen) atoms. The van der Waals surface area contributed by atoms with Gasteiger partial charge in [0.05, 0.1) is 4.88 Å². The molecule has 0 bridgehead atoms. The molecule has 0 unspecified atom stereocenters. The van der Waals surface area contributed by atoms with Crippen LogP contribution in [0.15, 0.2) is 41.6 Å². The van der Waals surface area contributed by atoms with Crippen LogP contribution in [0.1, 0.15) is 9.75 Å². The fraction of sp³-hybridized carbons (Fsp3) is 0.0833. The Morgan fingerprint density at radius 1 is 1.21 bits per heavy atom. The Balaban J connectivity index is 2.62. The molecule has 0 atom stereocenters. The van der Waals surface area contributed by atoms with Crippen molar-refractivity contribution in [2.24, 2.45) is 10.9 Å². The van der Waals surface area contributed by atoms with Crippen LogP contribution >= 0.6 is 11.3 Å². The third kappa shape index (κ3) is 2.70. The summed E-state index contributed by atoms with van der Waals surface area (Å²) in [5.74, 6) is -0.335. The average molecular weight is 286 g/mol. The molecule has 0 amide bonds. The van der Waals surface area contributed by atoms with Crippen LogP contribution in [0, 0.1) is 0 Å². The van der Waals surface area contributed by atoms with Gasteiger partial charge in [0.1, 0.15) is 4.88 Å². The molecular formula is C12H9F3N2OS. The van der Waals surface area contributed by atoms with E-state index >= 15 is 0 Å². The lowest BCUT2D eigenvalue weighted by molar-refractivity contribution is -0.133. The van der Waals surface area contributed by atoms with Crippen molar-refractivity contribution in [1.29, 1.82) is 0 Å². The van der Waals surface area contributed by atoms with Gasteiger partial charge in [-0.1, -0.05) is 35.5 Å². The standard InChI is InChI=1S/C12H9F3N2OS/c13-12(14,15)10-8(7-4-2-1-3-5-7)6-9(19-10)11(16)17-18/h1-6,18H,(H2,16,17). The van der Waals surface area contributed by atoms with Crippen molar-refractivity contribution in [2.75, 3.05) is 0 Å². The first-order valence-electron chi connectivity index (χ1n) is 5.18. The largest absolute Gasteiger partial charge is 0.426 e. The SMILES string of the molecule is N/C(=N/O)c1cc(-c2ccccc2)c(C(F)(F)F)s1. The molecular weight excluding hydrogens is 277 g/mol. The van der Waals surface area contributed by atoms with E-state index in [1.807, 2.05) is 0 Å².